The molecule has 5 nitrogen and oxygen atoms in total. The molecule has 1 atom stereocenters. The molecule has 2 aromatic heterocycles. The van der Waals surface area contributed by atoms with Gasteiger partial charge in [0.1, 0.15) is 12.3 Å². The lowest BCUT2D eigenvalue weighted by molar-refractivity contribution is 0.451. The molecule has 86 valence electrons. The number of imidazole rings is 1. The van der Waals surface area contributed by atoms with Crippen LogP contribution in [-0.4, -0.2) is 14.5 Å². The highest BCUT2D eigenvalue weighted by atomic mass is 16.4. The molecule has 0 unspecified atom stereocenters. The van der Waals surface area contributed by atoms with Gasteiger partial charge in [-0.1, -0.05) is 0 Å². The fourth-order valence-electron chi connectivity index (χ4n) is 1.59. The third-order valence-electron chi connectivity index (χ3n) is 2.59. The molecule has 0 aliphatic heterocycles. The normalized spacial score (nSPS) is 13.0. The van der Waals surface area contributed by atoms with Crippen LogP contribution in [-0.2, 0) is 6.54 Å². The molecule has 16 heavy (non-hydrogen) atoms. The highest BCUT2D eigenvalue weighted by Crippen LogP contribution is 2.13. The van der Waals surface area contributed by atoms with Crippen LogP contribution < -0.4 is 5.73 Å². The first-order valence-electron chi connectivity index (χ1n) is 5.26. The minimum atomic E-state index is -0.0420. The maximum Gasteiger partial charge on any atom is 0.214 e. The van der Waals surface area contributed by atoms with Gasteiger partial charge in [-0.3, -0.25) is 0 Å². The zero-order valence-electron chi connectivity index (χ0n) is 9.77. The Bertz CT molecular complexity index is 464. The molecule has 2 heterocycles. The molecule has 0 saturated heterocycles. The van der Waals surface area contributed by atoms with Gasteiger partial charge in [0.25, 0.3) is 0 Å². The first-order chi connectivity index (χ1) is 7.58. The molecule has 2 rings (SSSR count). The minimum absolute atomic E-state index is 0.0420. The Morgan fingerprint density at radius 1 is 1.50 bits per heavy atom. The molecule has 0 aromatic carbocycles. The maximum absolute atomic E-state index is 5.84. The van der Waals surface area contributed by atoms with Crippen molar-refractivity contribution in [2.24, 2.45) is 5.73 Å². The Morgan fingerprint density at radius 3 is 2.81 bits per heavy atom. The quantitative estimate of drug-likeness (QED) is 0.852. The highest BCUT2D eigenvalue weighted by Gasteiger charge is 2.10. The summed E-state index contributed by atoms with van der Waals surface area (Å²) in [6.45, 7) is 6.35. The van der Waals surface area contributed by atoms with Crippen molar-refractivity contribution in [3.8, 4) is 0 Å². The molecule has 0 radical (unpaired) electrons. The van der Waals surface area contributed by atoms with Gasteiger partial charge in [-0.05, 0) is 20.8 Å². The number of hydrogen-bond acceptors (Lipinski definition) is 4. The molecule has 2 aromatic rings. The number of rotatable bonds is 3. The van der Waals surface area contributed by atoms with E-state index in [0.29, 0.717) is 12.4 Å². The van der Waals surface area contributed by atoms with Crippen molar-refractivity contribution >= 4 is 0 Å². The van der Waals surface area contributed by atoms with Crippen LogP contribution in [0.3, 0.4) is 0 Å². The summed E-state index contributed by atoms with van der Waals surface area (Å²) in [7, 11) is 0. The highest BCUT2D eigenvalue weighted by molar-refractivity contribution is 5.08. The van der Waals surface area contributed by atoms with Gasteiger partial charge in [0, 0.05) is 12.2 Å². The summed E-state index contributed by atoms with van der Waals surface area (Å²) in [5.41, 5.74) is 7.74. The third kappa shape index (κ3) is 1.99. The van der Waals surface area contributed by atoms with Crippen molar-refractivity contribution in [1.82, 2.24) is 14.5 Å². The molecule has 0 spiro atoms. The molecule has 0 fully saturated rings. The van der Waals surface area contributed by atoms with Crippen LogP contribution >= 0.6 is 0 Å². The SMILES string of the molecule is Cc1nc(Cn2cncc2[C@H](C)N)oc1C. The van der Waals surface area contributed by atoms with Crippen LogP contribution in [0.15, 0.2) is 16.9 Å². The summed E-state index contributed by atoms with van der Waals surface area (Å²) in [5, 5.41) is 0. The molecular weight excluding hydrogens is 204 g/mol. The second-order valence-corrected chi connectivity index (χ2v) is 3.98. The number of aromatic nitrogens is 3. The van der Waals surface area contributed by atoms with E-state index >= 15 is 0 Å². The fraction of sp³-hybridized carbons (Fsp3) is 0.455. The second kappa shape index (κ2) is 4.09. The van der Waals surface area contributed by atoms with E-state index in [0.717, 1.165) is 17.1 Å². The van der Waals surface area contributed by atoms with Crippen LogP contribution in [0.1, 0.15) is 36.0 Å². The molecule has 0 bridgehead atoms. The average molecular weight is 220 g/mol. The van der Waals surface area contributed by atoms with Crippen molar-refractivity contribution in [2.45, 2.75) is 33.4 Å². The molecule has 0 amide bonds. The van der Waals surface area contributed by atoms with E-state index in [1.54, 1.807) is 12.5 Å². The maximum atomic E-state index is 5.84. The molecule has 5 heteroatoms. The van der Waals surface area contributed by atoms with Crippen LogP contribution in [0.2, 0.25) is 0 Å². The zero-order valence-corrected chi connectivity index (χ0v) is 9.77. The second-order valence-electron chi connectivity index (χ2n) is 3.98. The van der Waals surface area contributed by atoms with Crippen LogP contribution in [0.25, 0.3) is 0 Å². The first kappa shape index (κ1) is 10.9. The Hall–Kier alpha value is -1.62. The van der Waals surface area contributed by atoms with Gasteiger partial charge in [-0.25, -0.2) is 9.97 Å². The minimum Gasteiger partial charge on any atom is -0.444 e. The molecule has 0 aliphatic carbocycles. The van der Waals surface area contributed by atoms with Gasteiger partial charge in [-0.2, -0.15) is 0 Å². The Morgan fingerprint density at radius 2 is 2.25 bits per heavy atom. The summed E-state index contributed by atoms with van der Waals surface area (Å²) in [6, 6.07) is -0.0420. The van der Waals surface area contributed by atoms with E-state index in [9.17, 15) is 0 Å². The summed E-state index contributed by atoms with van der Waals surface area (Å²) >= 11 is 0. The standard InChI is InChI=1S/C11H16N4O/c1-7(12)10-4-13-6-15(10)5-11-14-8(2)9(3)16-11/h4,6-7H,5,12H2,1-3H3/t7-/m0/s1. The monoisotopic (exact) mass is 220 g/mol. The van der Waals surface area contributed by atoms with Crippen LogP contribution in [0.5, 0.6) is 0 Å². The van der Waals surface area contributed by atoms with E-state index in [1.807, 2.05) is 25.3 Å². The number of oxazole rings is 1. The lowest BCUT2D eigenvalue weighted by atomic mass is 10.3. The van der Waals surface area contributed by atoms with E-state index < -0.39 is 0 Å². The lowest BCUT2D eigenvalue weighted by Crippen LogP contribution is -2.12. The Balaban J connectivity index is 2.23. The van der Waals surface area contributed by atoms with Crippen molar-refractivity contribution in [3.63, 3.8) is 0 Å². The fourth-order valence-corrected chi connectivity index (χ4v) is 1.59. The predicted octanol–water partition coefficient (Wildman–Crippen LogP) is 1.56. The van der Waals surface area contributed by atoms with Crippen molar-refractivity contribution in [2.75, 3.05) is 0 Å². The summed E-state index contributed by atoms with van der Waals surface area (Å²) in [4.78, 5) is 8.41. The smallest absolute Gasteiger partial charge is 0.214 e. The topological polar surface area (TPSA) is 69.9 Å². The van der Waals surface area contributed by atoms with E-state index in [-0.39, 0.29) is 6.04 Å². The van der Waals surface area contributed by atoms with Crippen molar-refractivity contribution in [1.29, 1.82) is 0 Å². The molecular formula is C11H16N4O. The Kier molecular flexibility index (Phi) is 2.78. The molecule has 2 N–H and O–H groups in total. The van der Waals surface area contributed by atoms with Gasteiger partial charge >= 0.3 is 0 Å². The van der Waals surface area contributed by atoms with Gasteiger partial charge < -0.3 is 14.7 Å². The molecule has 0 aliphatic rings. The summed E-state index contributed by atoms with van der Waals surface area (Å²) in [6.07, 6.45) is 3.51. The Labute approximate surface area is 94.3 Å². The number of aryl methyl sites for hydroxylation is 2. The van der Waals surface area contributed by atoms with Gasteiger partial charge in [0.2, 0.25) is 5.89 Å². The largest absolute Gasteiger partial charge is 0.444 e. The van der Waals surface area contributed by atoms with Gasteiger partial charge in [0.05, 0.1) is 17.7 Å². The lowest BCUT2D eigenvalue weighted by Gasteiger charge is -2.08. The predicted molar refractivity (Wildman–Crippen MR) is 59.9 cm³/mol. The number of hydrogen-bond donors (Lipinski definition) is 1. The van der Waals surface area contributed by atoms with Crippen LogP contribution in [0, 0.1) is 13.8 Å². The van der Waals surface area contributed by atoms with Crippen molar-refractivity contribution < 1.29 is 4.42 Å². The van der Waals surface area contributed by atoms with Crippen LogP contribution in [0.4, 0.5) is 0 Å². The molecule has 0 saturated carbocycles. The summed E-state index contributed by atoms with van der Waals surface area (Å²) in [5.74, 6) is 1.55. The van der Waals surface area contributed by atoms with E-state index in [1.165, 1.54) is 0 Å². The van der Waals surface area contributed by atoms with E-state index in [2.05, 4.69) is 9.97 Å². The summed E-state index contributed by atoms with van der Waals surface area (Å²) < 4.78 is 7.48. The number of nitrogens with zero attached hydrogens (tertiary/aromatic N) is 3. The van der Waals surface area contributed by atoms with Gasteiger partial charge in [0.15, 0.2) is 0 Å². The number of nitrogens with two attached hydrogens (primary N) is 1. The third-order valence-corrected chi connectivity index (χ3v) is 2.59. The first-order valence-corrected chi connectivity index (χ1v) is 5.26. The average Bonchev–Trinajstić information content (AvgIpc) is 2.75. The van der Waals surface area contributed by atoms with E-state index in [4.69, 9.17) is 10.2 Å². The van der Waals surface area contributed by atoms with Gasteiger partial charge in [-0.15, -0.1) is 0 Å². The van der Waals surface area contributed by atoms with Crippen molar-refractivity contribution in [3.05, 3.63) is 35.6 Å². The zero-order chi connectivity index (χ0) is 11.7.